The van der Waals surface area contributed by atoms with Crippen LogP contribution in [0.15, 0.2) is 76.1 Å². The van der Waals surface area contributed by atoms with E-state index in [9.17, 15) is 27.6 Å². The molecule has 0 radical (unpaired) electrons. The van der Waals surface area contributed by atoms with Crippen molar-refractivity contribution in [2.45, 2.75) is 12.7 Å². The molecule has 3 aromatic carbocycles. The number of carbonyl (C=O) groups is 3. The van der Waals surface area contributed by atoms with Gasteiger partial charge in [-0.1, -0.05) is 51.8 Å². The first-order chi connectivity index (χ1) is 17.0. The Morgan fingerprint density at radius 1 is 1.06 bits per heavy atom. The molecule has 4 rings (SSSR count). The monoisotopic (exact) mass is 594 g/mol. The van der Waals surface area contributed by atoms with Gasteiger partial charge in [-0.3, -0.25) is 19.3 Å². The van der Waals surface area contributed by atoms with Gasteiger partial charge in [0.25, 0.3) is 17.1 Å². The molecule has 0 unspecified atom stereocenters. The predicted molar refractivity (Wildman–Crippen MR) is 137 cm³/mol. The van der Waals surface area contributed by atoms with E-state index in [0.717, 1.165) is 44.9 Å². The fourth-order valence-electron chi connectivity index (χ4n) is 3.32. The first-order valence-electron chi connectivity index (χ1n) is 10.3. The summed E-state index contributed by atoms with van der Waals surface area (Å²) in [6.45, 7) is 0.00183. The molecule has 1 fully saturated rings. The summed E-state index contributed by atoms with van der Waals surface area (Å²) < 4.78 is 39.7. The van der Waals surface area contributed by atoms with Gasteiger partial charge < -0.3 is 5.32 Å². The summed E-state index contributed by atoms with van der Waals surface area (Å²) in [7, 11) is 0. The second-order valence-corrected chi connectivity index (χ2v) is 9.98. The maximum atomic E-state index is 13.0. The molecule has 0 aliphatic carbocycles. The Kier molecular flexibility index (Phi) is 7.58. The first kappa shape index (κ1) is 26.0. The van der Waals surface area contributed by atoms with Crippen LogP contribution in [-0.2, 0) is 17.5 Å². The number of rotatable bonds is 5. The van der Waals surface area contributed by atoms with Gasteiger partial charge in [0.2, 0.25) is 0 Å². The lowest BCUT2D eigenvalue weighted by Gasteiger charge is -2.13. The summed E-state index contributed by atoms with van der Waals surface area (Å²) in [5, 5.41) is 1.92. The number of alkyl halides is 3. The van der Waals surface area contributed by atoms with Gasteiger partial charge in [0.15, 0.2) is 0 Å². The Labute approximate surface area is 221 Å². The Morgan fingerprint density at radius 3 is 2.44 bits per heavy atom. The summed E-state index contributed by atoms with van der Waals surface area (Å²) in [5.74, 6) is -1.09. The number of carbonyl (C=O) groups excluding carboxylic acids is 3. The van der Waals surface area contributed by atoms with Gasteiger partial charge in [0.05, 0.1) is 27.7 Å². The van der Waals surface area contributed by atoms with Gasteiger partial charge >= 0.3 is 6.18 Å². The van der Waals surface area contributed by atoms with Crippen molar-refractivity contribution in [3.05, 3.63) is 103 Å². The lowest BCUT2D eigenvalue weighted by atomic mass is 10.1. The van der Waals surface area contributed by atoms with E-state index in [4.69, 9.17) is 11.6 Å². The molecule has 3 amide bonds. The fourth-order valence-corrected chi connectivity index (χ4v) is 4.74. The van der Waals surface area contributed by atoms with Crippen LogP contribution in [-0.4, -0.2) is 22.0 Å². The van der Waals surface area contributed by atoms with Crippen LogP contribution in [0.1, 0.15) is 27.0 Å². The van der Waals surface area contributed by atoms with Crippen LogP contribution < -0.4 is 5.32 Å². The lowest BCUT2D eigenvalue weighted by molar-refractivity contribution is -0.137. The minimum atomic E-state index is -4.58. The Bertz CT molecular complexity index is 1390. The first-order valence-corrected chi connectivity index (χ1v) is 12.3. The third kappa shape index (κ3) is 6.00. The number of benzene rings is 3. The zero-order chi connectivity index (χ0) is 26.0. The molecular formula is C25H15BrClF3N2O3S. The fraction of sp³-hybridized carbons (Fsp3) is 0.0800. The summed E-state index contributed by atoms with van der Waals surface area (Å²) in [6.07, 6.45) is -2.94. The normalized spacial score (nSPS) is 15.0. The second kappa shape index (κ2) is 10.5. The van der Waals surface area contributed by atoms with E-state index in [1.807, 2.05) is 24.3 Å². The van der Waals surface area contributed by atoms with Crippen molar-refractivity contribution in [1.82, 2.24) is 4.90 Å². The largest absolute Gasteiger partial charge is 0.416 e. The van der Waals surface area contributed by atoms with Crippen molar-refractivity contribution < 1.29 is 27.6 Å². The third-order valence-electron chi connectivity index (χ3n) is 5.12. The van der Waals surface area contributed by atoms with Crippen molar-refractivity contribution in [3.8, 4) is 0 Å². The van der Waals surface area contributed by atoms with Crippen LogP contribution in [0.5, 0.6) is 0 Å². The van der Waals surface area contributed by atoms with E-state index >= 15 is 0 Å². The maximum absolute atomic E-state index is 13.0. The predicted octanol–water partition coefficient (Wildman–Crippen LogP) is 7.61. The molecule has 0 spiro atoms. The molecule has 184 valence electrons. The molecule has 36 heavy (non-hydrogen) atoms. The van der Waals surface area contributed by atoms with Crippen molar-refractivity contribution in [3.63, 3.8) is 0 Å². The highest BCUT2D eigenvalue weighted by atomic mass is 79.9. The molecule has 1 N–H and O–H groups in total. The Hall–Kier alpha value is -3.08. The van der Waals surface area contributed by atoms with Crippen LogP contribution in [0.2, 0.25) is 5.02 Å². The topological polar surface area (TPSA) is 66.5 Å². The van der Waals surface area contributed by atoms with Gasteiger partial charge in [-0.2, -0.15) is 13.2 Å². The zero-order valence-electron chi connectivity index (χ0n) is 18.1. The Morgan fingerprint density at radius 2 is 1.78 bits per heavy atom. The summed E-state index contributed by atoms with van der Waals surface area (Å²) in [4.78, 5) is 39.1. The molecule has 5 nitrogen and oxygen atoms in total. The van der Waals surface area contributed by atoms with Crippen LogP contribution in [0, 0.1) is 0 Å². The van der Waals surface area contributed by atoms with Gasteiger partial charge in [-0.25, -0.2) is 0 Å². The number of anilines is 1. The molecule has 11 heteroatoms. The maximum Gasteiger partial charge on any atom is 0.416 e. The molecule has 3 aromatic rings. The number of nitrogens with zero attached hydrogens (tertiary/aromatic N) is 1. The molecule has 0 saturated carbocycles. The summed E-state index contributed by atoms with van der Waals surface area (Å²) in [6, 6.07) is 16.0. The number of amides is 3. The van der Waals surface area contributed by atoms with E-state index in [-0.39, 0.29) is 22.8 Å². The molecule has 0 aromatic heterocycles. The standard InChI is InChI=1S/C25H15BrClF3N2O3S/c26-18-3-1-2-15(10-18)11-21-23(34)32(24(35)36-21)13-14-4-6-16(7-5-14)22(33)31-20-12-17(25(28,29)30)8-9-19(20)27/h1-12H,13H2,(H,31,33)/b21-11-. The third-order valence-corrected chi connectivity index (χ3v) is 6.85. The molecular weight excluding hydrogens is 581 g/mol. The van der Waals surface area contributed by atoms with Crippen LogP contribution in [0.4, 0.5) is 23.7 Å². The van der Waals surface area contributed by atoms with E-state index in [1.54, 1.807) is 18.2 Å². The summed E-state index contributed by atoms with van der Waals surface area (Å²) in [5.41, 5.74) is 0.413. The molecule has 1 aliphatic heterocycles. The minimum Gasteiger partial charge on any atom is -0.321 e. The van der Waals surface area contributed by atoms with E-state index in [1.165, 1.54) is 12.1 Å². The van der Waals surface area contributed by atoms with Crippen molar-refractivity contribution in [2.24, 2.45) is 0 Å². The number of thioether (sulfide) groups is 1. The molecule has 1 aliphatic rings. The SMILES string of the molecule is O=C(Nc1cc(C(F)(F)F)ccc1Cl)c1ccc(CN2C(=O)S/C(=C\c3cccc(Br)c3)C2=O)cc1. The molecule has 1 saturated heterocycles. The Balaban J connectivity index is 1.44. The lowest BCUT2D eigenvalue weighted by Crippen LogP contribution is -2.27. The number of hydrogen-bond donors (Lipinski definition) is 1. The second-order valence-electron chi connectivity index (χ2n) is 7.67. The van der Waals surface area contributed by atoms with Gasteiger partial charge in [0, 0.05) is 10.0 Å². The highest BCUT2D eigenvalue weighted by Crippen LogP contribution is 2.35. The van der Waals surface area contributed by atoms with Crippen molar-refractivity contribution >= 4 is 68.1 Å². The molecule has 0 bridgehead atoms. The highest BCUT2D eigenvalue weighted by Gasteiger charge is 2.35. The number of imide groups is 1. The highest BCUT2D eigenvalue weighted by molar-refractivity contribution is 9.10. The van der Waals surface area contributed by atoms with Gasteiger partial charge in [-0.05, 0) is 71.4 Å². The van der Waals surface area contributed by atoms with Crippen LogP contribution in [0.3, 0.4) is 0 Å². The average molecular weight is 596 g/mol. The van der Waals surface area contributed by atoms with Crippen LogP contribution in [0.25, 0.3) is 6.08 Å². The minimum absolute atomic E-state index is 0.00183. The van der Waals surface area contributed by atoms with Gasteiger partial charge in [0.1, 0.15) is 0 Å². The smallest absolute Gasteiger partial charge is 0.321 e. The molecule has 1 heterocycles. The number of hydrogen-bond acceptors (Lipinski definition) is 4. The summed E-state index contributed by atoms with van der Waals surface area (Å²) >= 11 is 10.1. The van der Waals surface area contributed by atoms with E-state index < -0.39 is 28.8 Å². The zero-order valence-corrected chi connectivity index (χ0v) is 21.3. The average Bonchev–Trinajstić information content (AvgIpc) is 3.07. The molecule has 0 atom stereocenters. The van der Waals surface area contributed by atoms with Crippen molar-refractivity contribution in [2.75, 3.05) is 5.32 Å². The van der Waals surface area contributed by atoms with E-state index in [2.05, 4.69) is 21.2 Å². The van der Waals surface area contributed by atoms with E-state index in [0.29, 0.717) is 10.5 Å². The van der Waals surface area contributed by atoms with Crippen molar-refractivity contribution in [1.29, 1.82) is 0 Å². The number of nitrogens with one attached hydrogen (secondary N) is 1. The van der Waals surface area contributed by atoms with Crippen LogP contribution >= 0.6 is 39.3 Å². The van der Waals surface area contributed by atoms with Gasteiger partial charge in [-0.15, -0.1) is 0 Å². The quantitative estimate of drug-likeness (QED) is 0.308. The number of halogens is 5.